The van der Waals surface area contributed by atoms with Gasteiger partial charge in [0, 0.05) is 18.8 Å². The van der Waals surface area contributed by atoms with Crippen LogP contribution in [0.25, 0.3) is 0 Å². The van der Waals surface area contributed by atoms with Crippen molar-refractivity contribution >= 4 is 5.69 Å². The number of hydrogen-bond donors (Lipinski definition) is 7. The van der Waals surface area contributed by atoms with Crippen molar-refractivity contribution in [1.82, 2.24) is 5.32 Å². The van der Waals surface area contributed by atoms with Gasteiger partial charge in [-0.1, -0.05) is 0 Å². The van der Waals surface area contributed by atoms with Crippen molar-refractivity contribution in [2.45, 2.75) is 18.5 Å². The van der Waals surface area contributed by atoms with Gasteiger partial charge in [-0.05, 0) is 24.3 Å². The first-order valence-electron chi connectivity index (χ1n) is 7.72. The van der Waals surface area contributed by atoms with Gasteiger partial charge in [-0.3, -0.25) is 5.32 Å². The van der Waals surface area contributed by atoms with E-state index in [9.17, 15) is 5.11 Å². The summed E-state index contributed by atoms with van der Waals surface area (Å²) in [7, 11) is 0. The highest BCUT2D eigenvalue weighted by atomic mass is 16.7. The fraction of sp³-hybridized carbons (Fsp3) is 0.600. The summed E-state index contributed by atoms with van der Waals surface area (Å²) in [5, 5.41) is 43.1. The summed E-state index contributed by atoms with van der Waals surface area (Å²) in [4.78, 5) is 0. The Balaban J connectivity index is 2.59. The molecule has 2 atom stereocenters. The fourth-order valence-corrected chi connectivity index (χ4v) is 1.76. The van der Waals surface area contributed by atoms with Crippen LogP contribution in [0.1, 0.15) is 0 Å². The highest BCUT2D eigenvalue weighted by Gasteiger charge is 2.25. The smallest absolute Gasteiger partial charge is 0.228 e. The molecule has 9 heteroatoms. The van der Waals surface area contributed by atoms with Gasteiger partial charge in [-0.2, -0.15) is 0 Å². The van der Waals surface area contributed by atoms with Crippen LogP contribution >= 0.6 is 0 Å². The molecule has 1 rings (SSSR count). The Bertz CT molecular complexity index is 430. The Morgan fingerprint density at radius 3 is 2.25 bits per heavy atom. The average molecular weight is 345 g/mol. The molecule has 1 aromatic rings. The standard InChI is InChI=1S/C15H27N3O6/c16-5-6-17-10-18-11-1-3-12(4-2-11)23-15(14(22)9-21)24-13(7-19)8-20/h1-4,13-15,17-22H,5-10,16H2. The molecule has 8 N–H and O–H groups in total. The second-order valence-corrected chi connectivity index (χ2v) is 5.03. The second kappa shape index (κ2) is 12.0. The van der Waals surface area contributed by atoms with Crippen LogP contribution in [0.2, 0.25) is 0 Å². The highest BCUT2D eigenvalue weighted by Crippen LogP contribution is 2.18. The number of rotatable bonds is 13. The Morgan fingerprint density at radius 2 is 1.71 bits per heavy atom. The minimum absolute atomic E-state index is 0.405. The second-order valence-electron chi connectivity index (χ2n) is 5.03. The molecule has 0 spiro atoms. The fourth-order valence-electron chi connectivity index (χ4n) is 1.76. The van der Waals surface area contributed by atoms with E-state index in [4.69, 9.17) is 30.5 Å². The van der Waals surface area contributed by atoms with Gasteiger partial charge in [0.2, 0.25) is 6.29 Å². The van der Waals surface area contributed by atoms with E-state index in [1.807, 2.05) is 0 Å². The maximum absolute atomic E-state index is 9.75. The van der Waals surface area contributed by atoms with Crippen LogP contribution < -0.4 is 21.1 Å². The van der Waals surface area contributed by atoms with Gasteiger partial charge in [-0.15, -0.1) is 0 Å². The monoisotopic (exact) mass is 345 g/mol. The quantitative estimate of drug-likeness (QED) is 0.160. The zero-order chi connectivity index (χ0) is 17.8. The van der Waals surface area contributed by atoms with Gasteiger partial charge in [0.25, 0.3) is 0 Å². The van der Waals surface area contributed by atoms with Crippen LogP contribution in [0, 0.1) is 0 Å². The maximum Gasteiger partial charge on any atom is 0.228 e. The van der Waals surface area contributed by atoms with E-state index in [1.165, 1.54) is 0 Å². The van der Waals surface area contributed by atoms with Crippen molar-refractivity contribution in [3.63, 3.8) is 0 Å². The lowest BCUT2D eigenvalue weighted by atomic mass is 10.3. The summed E-state index contributed by atoms with van der Waals surface area (Å²) in [6.45, 7) is 0.386. The number of hydrogen-bond acceptors (Lipinski definition) is 9. The van der Waals surface area contributed by atoms with Crippen molar-refractivity contribution in [2.24, 2.45) is 5.73 Å². The third-order valence-electron chi connectivity index (χ3n) is 3.08. The molecule has 138 valence electrons. The van der Waals surface area contributed by atoms with Gasteiger partial charge >= 0.3 is 0 Å². The number of aliphatic hydroxyl groups is 4. The predicted molar refractivity (Wildman–Crippen MR) is 88.5 cm³/mol. The summed E-state index contributed by atoms with van der Waals surface area (Å²) < 4.78 is 10.7. The van der Waals surface area contributed by atoms with Crippen LogP contribution in [0.15, 0.2) is 24.3 Å². The zero-order valence-electron chi connectivity index (χ0n) is 13.5. The third kappa shape index (κ3) is 7.41. The number of aliphatic hydroxyl groups excluding tert-OH is 4. The summed E-state index contributed by atoms with van der Waals surface area (Å²) in [6.07, 6.45) is -3.45. The highest BCUT2D eigenvalue weighted by molar-refractivity contribution is 5.46. The molecule has 2 unspecified atom stereocenters. The molecule has 0 saturated heterocycles. The lowest BCUT2D eigenvalue weighted by Crippen LogP contribution is -2.41. The molecule has 24 heavy (non-hydrogen) atoms. The summed E-state index contributed by atoms with van der Waals surface area (Å²) in [5.74, 6) is 0.405. The molecule has 0 fully saturated rings. The van der Waals surface area contributed by atoms with Gasteiger partial charge in [0.1, 0.15) is 18.0 Å². The van der Waals surface area contributed by atoms with Crippen LogP contribution in [0.3, 0.4) is 0 Å². The van der Waals surface area contributed by atoms with E-state index in [0.29, 0.717) is 25.5 Å². The van der Waals surface area contributed by atoms with E-state index in [-0.39, 0.29) is 0 Å². The van der Waals surface area contributed by atoms with E-state index in [0.717, 1.165) is 5.69 Å². The Labute approximate surface area is 141 Å². The van der Waals surface area contributed by atoms with Crippen LogP contribution in [-0.4, -0.2) is 78.5 Å². The molecule has 0 aliphatic heterocycles. The van der Waals surface area contributed by atoms with Crippen LogP contribution in [0.4, 0.5) is 5.69 Å². The first-order chi connectivity index (χ1) is 11.6. The molecule has 0 aliphatic rings. The number of anilines is 1. The molecule has 0 aliphatic carbocycles. The van der Waals surface area contributed by atoms with E-state index in [1.54, 1.807) is 24.3 Å². The molecule has 0 bridgehead atoms. The van der Waals surface area contributed by atoms with E-state index >= 15 is 0 Å². The van der Waals surface area contributed by atoms with Crippen molar-refractivity contribution in [3.8, 4) is 5.75 Å². The topological polar surface area (TPSA) is 149 Å². The van der Waals surface area contributed by atoms with Crippen molar-refractivity contribution in [1.29, 1.82) is 0 Å². The number of benzene rings is 1. The van der Waals surface area contributed by atoms with E-state index in [2.05, 4.69) is 10.6 Å². The van der Waals surface area contributed by atoms with Gasteiger partial charge in [0.05, 0.1) is 26.5 Å². The number of ether oxygens (including phenoxy) is 2. The normalized spacial score (nSPS) is 13.8. The molecule has 0 saturated carbocycles. The Kier molecular flexibility index (Phi) is 10.3. The molecule has 0 aromatic heterocycles. The molecular formula is C15H27N3O6. The van der Waals surface area contributed by atoms with Gasteiger partial charge < -0.3 is 41.0 Å². The Hall–Kier alpha value is -1.46. The molecule has 0 radical (unpaired) electrons. The van der Waals surface area contributed by atoms with E-state index < -0.39 is 38.3 Å². The zero-order valence-corrected chi connectivity index (χ0v) is 13.5. The summed E-state index contributed by atoms with van der Waals surface area (Å²) in [6, 6.07) is 6.88. The SMILES string of the molecule is NCCNCNc1ccc(OC(OC(CO)CO)C(O)CO)cc1. The van der Waals surface area contributed by atoms with Gasteiger partial charge in [0.15, 0.2) is 0 Å². The lowest BCUT2D eigenvalue weighted by molar-refractivity contribution is -0.194. The van der Waals surface area contributed by atoms with Gasteiger partial charge in [-0.25, -0.2) is 0 Å². The maximum atomic E-state index is 9.75. The average Bonchev–Trinajstić information content (AvgIpc) is 2.62. The third-order valence-corrected chi connectivity index (χ3v) is 3.08. The summed E-state index contributed by atoms with van der Waals surface area (Å²) >= 11 is 0. The first-order valence-corrected chi connectivity index (χ1v) is 7.72. The van der Waals surface area contributed by atoms with Crippen molar-refractivity contribution in [2.75, 3.05) is 44.9 Å². The molecule has 0 amide bonds. The summed E-state index contributed by atoms with van der Waals surface area (Å²) in [5.41, 5.74) is 6.23. The molecule has 0 heterocycles. The molecule has 9 nitrogen and oxygen atoms in total. The van der Waals surface area contributed by atoms with Crippen LogP contribution in [-0.2, 0) is 4.74 Å². The lowest BCUT2D eigenvalue weighted by Gasteiger charge is -2.26. The largest absolute Gasteiger partial charge is 0.462 e. The first kappa shape index (κ1) is 20.6. The minimum atomic E-state index is -1.32. The number of nitrogens with one attached hydrogen (secondary N) is 2. The van der Waals surface area contributed by atoms with Crippen LogP contribution in [0.5, 0.6) is 5.75 Å². The Morgan fingerprint density at radius 1 is 1.04 bits per heavy atom. The predicted octanol–water partition coefficient (Wildman–Crippen LogP) is -1.97. The molecule has 1 aromatic carbocycles. The minimum Gasteiger partial charge on any atom is -0.462 e. The molecular weight excluding hydrogens is 318 g/mol. The van der Waals surface area contributed by atoms with Crippen molar-refractivity contribution in [3.05, 3.63) is 24.3 Å². The number of nitrogens with two attached hydrogens (primary N) is 1. The van der Waals surface area contributed by atoms with Crippen molar-refractivity contribution < 1.29 is 29.9 Å².